The van der Waals surface area contributed by atoms with Gasteiger partial charge in [-0.3, -0.25) is 0 Å². The van der Waals surface area contributed by atoms with E-state index in [0.29, 0.717) is 5.92 Å². The Balaban J connectivity index is 1.95. The van der Waals surface area contributed by atoms with E-state index in [1.54, 1.807) is 0 Å². The van der Waals surface area contributed by atoms with Crippen LogP contribution in [0.15, 0.2) is 28.8 Å². The molecule has 1 saturated heterocycles. The standard InChI is InChI=1S/C12H15N3O/c13-7-9-5-6-15(8-9)12-10-3-1-2-4-11(10)16-14-12/h1-4,9H,5-8,13H2. The lowest BCUT2D eigenvalue weighted by Crippen LogP contribution is -2.22. The number of fused-ring (bicyclic) bond motifs is 1. The van der Waals surface area contributed by atoms with Gasteiger partial charge in [0.25, 0.3) is 0 Å². The summed E-state index contributed by atoms with van der Waals surface area (Å²) in [5, 5.41) is 5.25. The molecule has 1 aromatic heterocycles. The molecule has 0 spiro atoms. The first-order valence-electron chi connectivity index (χ1n) is 5.68. The fraction of sp³-hybridized carbons (Fsp3) is 0.417. The molecule has 0 saturated carbocycles. The van der Waals surface area contributed by atoms with Gasteiger partial charge in [0.1, 0.15) is 0 Å². The van der Waals surface area contributed by atoms with Crippen molar-refractivity contribution in [3.63, 3.8) is 0 Å². The van der Waals surface area contributed by atoms with Gasteiger partial charge in [-0.15, -0.1) is 0 Å². The molecule has 4 nitrogen and oxygen atoms in total. The van der Waals surface area contributed by atoms with E-state index in [0.717, 1.165) is 42.8 Å². The molecule has 1 aliphatic heterocycles. The lowest BCUT2D eigenvalue weighted by atomic mass is 10.1. The van der Waals surface area contributed by atoms with E-state index < -0.39 is 0 Å². The largest absolute Gasteiger partial charge is 0.354 e. The Morgan fingerprint density at radius 3 is 3.12 bits per heavy atom. The summed E-state index contributed by atoms with van der Waals surface area (Å²) in [6, 6.07) is 7.97. The molecule has 1 atom stereocenters. The molecule has 0 amide bonds. The highest BCUT2D eigenvalue weighted by molar-refractivity contribution is 5.88. The summed E-state index contributed by atoms with van der Waals surface area (Å²) < 4.78 is 5.31. The van der Waals surface area contributed by atoms with Crippen LogP contribution in [0, 0.1) is 5.92 Å². The number of aromatic nitrogens is 1. The maximum Gasteiger partial charge on any atom is 0.179 e. The zero-order valence-electron chi connectivity index (χ0n) is 9.10. The summed E-state index contributed by atoms with van der Waals surface area (Å²) in [5.74, 6) is 1.56. The van der Waals surface area contributed by atoms with Gasteiger partial charge in [0.15, 0.2) is 11.4 Å². The van der Waals surface area contributed by atoms with Gasteiger partial charge in [-0.05, 0) is 31.0 Å². The molecule has 1 unspecified atom stereocenters. The third-order valence-corrected chi connectivity index (χ3v) is 3.28. The molecule has 1 aliphatic rings. The first-order chi connectivity index (χ1) is 7.88. The first-order valence-corrected chi connectivity index (χ1v) is 5.68. The average Bonchev–Trinajstić information content (AvgIpc) is 2.94. The van der Waals surface area contributed by atoms with Crippen LogP contribution in [0.2, 0.25) is 0 Å². The molecule has 3 rings (SSSR count). The van der Waals surface area contributed by atoms with Crippen molar-refractivity contribution in [2.24, 2.45) is 11.7 Å². The van der Waals surface area contributed by atoms with Gasteiger partial charge in [-0.2, -0.15) is 0 Å². The fourth-order valence-corrected chi connectivity index (χ4v) is 2.32. The zero-order valence-corrected chi connectivity index (χ0v) is 9.10. The smallest absolute Gasteiger partial charge is 0.179 e. The molecule has 4 heteroatoms. The molecule has 16 heavy (non-hydrogen) atoms. The summed E-state index contributed by atoms with van der Waals surface area (Å²) in [7, 11) is 0. The van der Waals surface area contributed by atoms with Crippen LogP contribution in [0.5, 0.6) is 0 Å². The molecule has 2 aromatic rings. The molecular weight excluding hydrogens is 202 g/mol. The molecule has 2 heterocycles. The second-order valence-electron chi connectivity index (χ2n) is 4.34. The molecule has 0 bridgehead atoms. The van der Waals surface area contributed by atoms with Crippen molar-refractivity contribution in [1.82, 2.24) is 5.16 Å². The maximum absolute atomic E-state index is 5.69. The Kier molecular flexibility index (Phi) is 2.29. The lowest BCUT2D eigenvalue weighted by molar-refractivity contribution is 0.455. The topological polar surface area (TPSA) is 55.3 Å². The average molecular weight is 217 g/mol. The van der Waals surface area contributed by atoms with Gasteiger partial charge in [0.2, 0.25) is 0 Å². The molecule has 2 N–H and O–H groups in total. The number of anilines is 1. The Morgan fingerprint density at radius 1 is 1.44 bits per heavy atom. The third-order valence-electron chi connectivity index (χ3n) is 3.28. The Bertz CT molecular complexity index is 494. The Hall–Kier alpha value is -1.55. The van der Waals surface area contributed by atoms with Crippen molar-refractivity contribution in [3.05, 3.63) is 24.3 Å². The van der Waals surface area contributed by atoms with E-state index in [2.05, 4.69) is 16.1 Å². The molecule has 1 fully saturated rings. The van der Waals surface area contributed by atoms with E-state index in [4.69, 9.17) is 10.3 Å². The number of benzene rings is 1. The maximum atomic E-state index is 5.69. The number of hydrogen-bond donors (Lipinski definition) is 1. The molecule has 84 valence electrons. The number of rotatable bonds is 2. The van der Waals surface area contributed by atoms with E-state index in [1.165, 1.54) is 0 Å². The summed E-state index contributed by atoms with van der Waals surface area (Å²) in [6.07, 6.45) is 1.15. The molecule has 1 aromatic carbocycles. The van der Waals surface area contributed by atoms with Crippen molar-refractivity contribution in [1.29, 1.82) is 0 Å². The van der Waals surface area contributed by atoms with Crippen molar-refractivity contribution in [3.8, 4) is 0 Å². The second kappa shape index (κ2) is 3.79. The van der Waals surface area contributed by atoms with Crippen LogP contribution in [0.25, 0.3) is 11.0 Å². The fourth-order valence-electron chi connectivity index (χ4n) is 2.32. The molecule has 0 radical (unpaired) electrons. The summed E-state index contributed by atoms with van der Waals surface area (Å²) >= 11 is 0. The zero-order chi connectivity index (χ0) is 11.0. The van der Waals surface area contributed by atoms with Crippen LogP contribution in [-0.2, 0) is 0 Å². The van der Waals surface area contributed by atoms with E-state index >= 15 is 0 Å². The number of hydrogen-bond acceptors (Lipinski definition) is 4. The Labute approximate surface area is 94.0 Å². The quantitative estimate of drug-likeness (QED) is 0.830. The highest BCUT2D eigenvalue weighted by Gasteiger charge is 2.24. The summed E-state index contributed by atoms with van der Waals surface area (Å²) in [6.45, 7) is 2.78. The van der Waals surface area contributed by atoms with Gasteiger partial charge < -0.3 is 15.2 Å². The minimum absolute atomic E-state index is 0.593. The third kappa shape index (κ3) is 1.46. The normalized spacial score (nSPS) is 20.8. The summed E-state index contributed by atoms with van der Waals surface area (Å²) in [5.41, 5.74) is 6.55. The van der Waals surface area contributed by atoms with Crippen LogP contribution in [-0.4, -0.2) is 24.8 Å². The van der Waals surface area contributed by atoms with Crippen molar-refractivity contribution < 1.29 is 4.52 Å². The Morgan fingerprint density at radius 2 is 2.31 bits per heavy atom. The molecule has 0 aliphatic carbocycles. The predicted octanol–water partition coefficient (Wildman–Crippen LogP) is 1.61. The minimum atomic E-state index is 0.593. The van der Waals surface area contributed by atoms with E-state index in [1.807, 2.05) is 18.2 Å². The highest BCUT2D eigenvalue weighted by Crippen LogP contribution is 2.29. The monoisotopic (exact) mass is 217 g/mol. The van der Waals surface area contributed by atoms with Gasteiger partial charge in [-0.1, -0.05) is 17.3 Å². The van der Waals surface area contributed by atoms with Crippen LogP contribution in [0.1, 0.15) is 6.42 Å². The minimum Gasteiger partial charge on any atom is -0.354 e. The van der Waals surface area contributed by atoms with Crippen LogP contribution < -0.4 is 10.6 Å². The van der Waals surface area contributed by atoms with Crippen molar-refractivity contribution in [2.75, 3.05) is 24.5 Å². The first kappa shape index (κ1) is 9.66. The van der Waals surface area contributed by atoms with E-state index in [-0.39, 0.29) is 0 Å². The number of para-hydroxylation sites is 1. The second-order valence-corrected chi connectivity index (χ2v) is 4.34. The predicted molar refractivity (Wildman–Crippen MR) is 63.4 cm³/mol. The van der Waals surface area contributed by atoms with Crippen molar-refractivity contribution >= 4 is 16.8 Å². The van der Waals surface area contributed by atoms with Gasteiger partial charge in [0.05, 0.1) is 5.39 Å². The summed E-state index contributed by atoms with van der Waals surface area (Å²) in [4.78, 5) is 2.27. The van der Waals surface area contributed by atoms with Gasteiger partial charge in [-0.25, -0.2) is 0 Å². The van der Waals surface area contributed by atoms with Gasteiger partial charge >= 0.3 is 0 Å². The van der Waals surface area contributed by atoms with E-state index in [9.17, 15) is 0 Å². The SMILES string of the molecule is NCC1CCN(c2noc3ccccc23)C1. The van der Waals surface area contributed by atoms with Crippen LogP contribution >= 0.6 is 0 Å². The number of nitrogens with two attached hydrogens (primary N) is 1. The lowest BCUT2D eigenvalue weighted by Gasteiger charge is -2.14. The number of nitrogens with zero attached hydrogens (tertiary/aromatic N) is 2. The highest BCUT2D eigenvalue weighted by atomic mass is 16.5. The van der Waals surface area contributed by atoms with Crippen molar-refractivity contribution in [2.45, 2.75) is 6.42 Å². The van der Waals surface area contributed by atoms with Crippen LogP contribution in [0.4, 0.5) is 5.82 Å². The van der Waals surface area contributed by atoms with Crippen LogP contribution in [0.3, 0.4) is 0 Å². The molecular formula is C12H15N3O. The van der Waals surface area contributed by atoms with Gasteiger partial charge in [0, 0.05) is 13.1 Å².